The highest BCUT2D eigenvalue weighted by atomic mass is 32.1. The first kappa shape index (κ1) is 48.5. The number of aromatic nitrogens is 1. The number of rotatable bonds is 13. The summed E-state index contributed by atoms with van der Waals surface area (Å²) in [5.74, 6) is -3.90. The van der Waals surface area contributed by atoms with E-state index >= 15 is 0 Å². The zero-order valence-corrected chi connectivity index (χ0v) is 37.6. The molecule has 2 aromatic rings. The number of aliphatic imine (C=N–C) groups is 1. The standard InChI is InChI=1S/C42H65N9O7S/c1-23(2)30-36(54)47-31(24(3)4)37(55)50-33(41(6,7)8)35(44-22-28(52)46-30)49-34(42(9,10)11)39(57)48-32(25(5)26-17-15-14-16-18-26)38(56)45-27(40-43-19-20-59-40)21-29(53)51(12)58-13/h14-20,23-25,27,30-34H,21-22H2,1-13H3,(H,44,49)(H,45,56)(H,46,52)(H,47,54)(H,48,57)(H,50,55)/t25?,27-,30?,31?,32+,33?,34?/m1/s1. The highest BCUT2D eigenvalue weighted by molar-refractivity contribution is 7.09. The van der Waals surface area contributed by atoms with E-state index in [4.69, 9.17) is 9.83 Å². The van der Waals surface area contributed by atoms with Crippen LogP contribution in [-0.2, 0) is 33.6 Å². The number of hydrogen-bond acceptors (Lipinski definition) is 11. The number of nitrogens with zero attached hydrogens (tertiary/aromatic N) is 3. The molecule has 0 fully saturated rings. The van der Waals surface area contributed by atoms with E-state index < -0.39 is 95.0 Å². The normalized spacial score (nSPS) is 20.4. The molecule has 2 heterocycles. The van der Waals surface area contributed by atoms with Gasteiger partial charge in [-0.05, 0) is 28.2 Å². The van der Waals surface area contributed by atoms with Crippen molar-refractivity contribution in [1.29, 1.82) is 0 Å². The van der Waals surface area contributed by atoms with Gasteiger partial charge in [0.25, 0.3) is 0 Å². The van der Waals surface area contributed by atoms with Gasteiger partial charge >= 0.3 is 0 Å². The molecule has 1 aliphatic heterocycles. The quantitative estimate of drug-likeness (QED) is 0.163. The molecule has 5 unspecified atom stereocenters. The van der Waals surface area contributed by atoms with Gasteiger partial charge in [-0.25, -0.2) is 10.0 Å². The summed E-state index contributed by atoms with van der Waals surface area (Å²) in [6.07, 6.45) is 1.43. The number of amides is 6. The fourth-order valence-corrected chi connectivity index (χ4v) is 7.23. The van der Waals surface area contributed by atoms with Gasteiger partial charge < -0.3 is 31.9 Å². The number of amidine groups is 1. The smallest absolute Gasteiger partial charge is 0.248 e. The molecule has 0 bridgehead atoms. The van der Waals surface area contributed by atoms with Crippen LogP contribution in [-0.4, -0.2) is 102 Å². The molecule has 6 N–H and O–H groups in total. The van der Waals surface area contributed by atoms with Gasteiger partial charge in [0.05, 0.1) is 25.6 Å². The van der Waals surface area contributed by atoms with Crippen molar-refractivity contribution in [3.05, 3.63) is 52.5 Å². The van der Waals surface area contributed by atoms with E-state index in [9.17, 15) is 28.8 Å². The van der Waals surface area contributed by atoms with Crippen LogP contribution < -0.4 is 31.9 Å². The molecule has 1 aliphatic rings. The third kappa shape index (κ3) is 13.6. The highest BCUT2D eigenvalue weighted by Crippen LogP contribution is 2.27. The molecule has 0 saturated carbocycles. The number of thiazole rings is 1. The van der Waals surface area contributed by atoms with E-state index in [1.165, 1.54) is 25.5 Å². The third-order valence-electron chi connectivity index (χ3n) is 10.2. The van der Waals surface area contributed by atoms with Crippen LogP contribution in [0.3, 0.4) is 0 Å². The van der Waals surface area contributed by atoms with Crippen molar-refractivity contribution in [3.63, 3.8) is 0 Å². The number of carbonyl (C=O) groups excluding carboxylic acids is 6. The summed E-state index contributed by atoms with van der Waals surface area (Å²) in [7, 11) is 2.84. The van der Waals surface area contributed by atoms with Gasteiger partial charge in [-0.1, -0.05) is 106 Å². The molecule has 1 aromatic carbocycles. The predicted molar refractivity (Wildman–Crippen MR) is 228 cm³/mol. The SMILES string of the molecule is CON(C)C(=O)C[C@@H](NC(=O)[C@@H](NC(=O)C(NC1=NCC(=O)NC(C(C)C)C(=O)NC(C(C)C)C(=O)NC1C(C)(C)C)C(C)(C)C)C(C)c1ccccc1)c1nccs1. The molecule has 17 heteroatoms. The van der Waals surface area contributed by atoms with Crippen molar-refractivity contribution in [1.82, 2.24) is 41.9 Å². The second kappa shape index (κ2) is 20.9. The average molecular weight is 840 g/mol. The van der Waals surface area contributed by atoms with E-state index in [-0.39, 0.29) is 24.1 Å². The van der Waals surface area contributed by atoms with Gasteiger partial charge in [-0.3, -0.25) is 38.6 Å². The summed E-state index contributed by atoms with van der Waals surface area (Å²) in [6.45, 7) is 19.9. The van der Waals surface area contributed by atoms with Crippen LogP contribution in [0.25, 0.3) is 0 Å². The van der Waals surface area contributed by atoms with Crippen molar-refractivity contribution < 1.29 is 33.6 Å². The molecular formula is C42H65N9O7S. The largest absolute Gasteiger partial charge is 0.360 e. The number of hydroxylamine groups is 2. The first-order valence-electron chi connectivity index (χ1n) is 20.0. The third-order valence-corrected chi connectivity index (χ3v) is 11.1. The molecule has 16 nitrogen and oxygen atoms in total. The summed E-state index contributed by atoms with van der Waals surface area (Å²) in [4.78, 5) is 97.2. The predicted octanol–water partition coefficient (Wildman–Crippen LogP) is 3.23. The summed E-state index contributed by atoms with van der Waals surface area (Å²) >= 11 is 1.28. The minimum absolute atomic E-state index is 0.150. The van der Waals surface area contributed by atoms with Crippen LogP contribution in [0.2, 0.25) is 0 Å². The maximum absolute atomic E-state index is 14.8. The second-order valence-corrected chi connectivity index (χ2v) is 18.8. The zero-order valence-electron chi connectivity index (χ0n) is 36.8. The Morgan fingerprint density at radius 1 is 0.881 bits per heavy atom. The lowest BCUT2D eigenvalue weighted by molar-refractivity contribution is -0.169. The van der Waals surface area contributed by atoms with Crippen molar-refractivity contribution in [3.8, 4) is 0 Å². The number of hydrogen-bond donors (Lipinski definition) is 6. The monoisotopic (exact) mass is 839 g/mol. The fraction of sp³-hybridized carbons (Fsp3) is 0.619. The molecule has 3 rings (SSSR count). The maximum Gasteiger partial charge on any atom is 0.248 e. The molecular weight excluding hydrogens is 775 g/mol. The topological polar surface area (TPSA) is 212 Å². The zero-order chi connectivity index (χ0) is 44.4. The minimum Gasteiger partial charge on any atom is -0.360 e. The second-order valence-electron chi connectivity index (χ2n) is 17.9. The summed E-state index contributed by atoms with van der Waals surface area (Å²) in [5.41, 5.74) is -0.748. The lowest BCUT2D eigenvalue weighted by Crippen LogP contribution is -2.65. The van der Waals surface area contributed by atoms with Crippen LogP contribution >= 0.6 is 11.3 Å². The van der Waals surface area contributed by atoms with Crippen LogP contribution in [0.15, 0.2) is 46.9 Å². The first-order chi connectivity index (χ1) is 27.5. The van der Waals surface area contributed by atoms with Crippen LogP contribution in [0.4, 0.5) is 0 Å². The Morgan fingerprint density at radius 3 is 2.00 bits per heavy atom. The van der Waals surface area contributed by atoms with Crippen LogP contribution in [0.1, 0.15) is 105 Å². The fourth-order valence-electron chi connectivity index (χ4n) is 6.54. The van der Waals surface area contributed by atoms with Crippen molar-refractivity contribution >= 4 is 52.6 Å². The molecule has 0 saturated heterocycles. The van der Waals surface area contributed by atoms with E-state index in [0.29, 0.717) is 5.01 Å². The van der Waals surface area contributed by atoms with Gasteiger partial charge in [-0.15, -0.1) is 11.3 Å². The molecule has 1 aromatic heterocycles. The lowest BCUT2D eigenvalue weighted by atomic mass is 9.82. The van der Waals surface area contributed by atoms with E-state index in [1.54, 1.807) is 25.4 Å². The van der Waals surface area contributed by atoms with Gasteiger partial charge in [0.2, 0.25) is 35.4 Å². The first-order valence-corrected chi connectivity index (χ1v) is 20.9. The summed E-state index contributed by atoms with van der Waals surface area (Å²) < 4.78 is 0. The summed E-state index contributed by atoms with van der Waals surface area (Å²) in [6, 6.07) is 3.53. The number of nitrogens with one attached hydrogen (secondary N) is 6. The van der Waals surface area contributed by atoms with Crippen molar-refractivity contribution in [2.75, 3.05) is 20.7 Å². The van der Waals surface area contributed by atoms with Gasteiger partial charge in [-0.2, -0.15) is 0 Å². The van der Waals surface area contributed by atoms with E-state index in [2.05, 4.69) is 36.9 Å². The Labute approximate surface area is 352 Å². The van der Waals surface area contributed by atoms with Crippen LogP contribution in [0.5, 0.6) is 0 Å². The van der Waals surface area contributed by atoms with E-state index in [0.717, 1.165) is 10.6 Å². The van der Waals surface area contributed by atoms with Gasteiger partial charge in [0, 0.05) is 24.5 Å². The molecule has 0 radical (unpaired) electrons. The molecule has 59 heavy (non-hydrogen) atoms. The molecule has 0 aliphatic carbocycles. The van der Waals surface area contributed by atoms with E-state index in [1.807, 2.05) is 92.6 Å². The molecule has 7 atom stereocenters. The number of carbonyl (C=O) groups is 6. The Morgan fingerprint density at radius 2 is 1.47 bits per heavy atom. The Kier molecular flexibility index (Phi) is 17.1. The molecule has 326 valence electrons. The van der Waals surface area contributed by atoms with Crippen molar-refractivity contribution in [2.24, 2.45) is 27.7 Å². The average Bonchev–Trinajstić information content (AvgIpc) is 3.70. The Balaban J connectivity index is 2.10. The van der Waals surface area contributed by atoms with Crippen molar-refractivity contribution in [2.45, 2.75) is 125 Å². The van der Waals surface area contributed by atoms with Gasteiger partial charge in [0.1, 0.15) is 41.6 Å². The van der Waals surface area contributed by atoms with Gasteiger partial charge in [0.15, 0.2) is 0 Å². The number of benzene rings is 1. The molecule has 6 amide bonds. The Hall–Kier alpha value is -4.90. The Bertz CT molecular complexity index is 1790. The minimum atomic E-state index is -1.14. The lowest BCUT2D eigenvalue weighted by Gasteiger charge is -2.39. The maximum atomic E-state index is 14.8. The summed E-state index contributed by atoms with van der Waals surface area (Å²) in [5, 5.41) is 21.3. The highest BCUT2D eigenvalue weighted by Gasteiger charge is 2.42. The van der Waals surface area contributed by atoms with Crippen LogP contribution in [0, 0.1) is 22.7 Å². The molecule has 0 spiro atoms.